The maximum atomic E-state index is 12.8. The van der Waals surface area contributed by atoms with E-state index in [0.29, 0.717) is 30.2 Å². The molecule has 0 radical (unpaired) electrons. The number of aromatic nitrogens is 2. The van der Waals surface area contributed by atoms with Crippen molar-refractivity contribution < 1.29 is 14.7 Å². The summed E-state index contributed by atoms with van der Waals surface area (Å²) in [6, 6.07) is 4.65. The highest BCUT2D eigenvalue weighted by molar-refractivity contribution is 5.99. The fourth-order valence-electron chi connectivity index (χ4n) is 4.04. The molecule has 0 spiro atoms. The lowest BCUT2D eigenvalue weighted by atomic mass is 9.85. The van der Waals surface area contributed by atoms with Gasteiger partial charge >= 0.3 is 0 Å². The minimum atomic E-state index is -0.910. The Bertz CT molecular complexity index is 952. The number of hydrogen-bond acceptors (Lipinski definition) is 5. The van der Waals surface area contributed by atoms with Gasteiger partial charge in [0, 0.05) is 13.5 Å². The van der Waals surface area contributed by atoms with Crippen LogP contribution < -0.4 is 16.2 Å². The van der Waals surface area contributed by atoms with Gasteiger partial charge in [-0.1, -0.05) is 6.07 Å². The van der Waals surface area contributed by atoms with Crippen molar-refractivity contribution >= 4 is 22.7 Å². The molecule has 0 saturated carbocycles. The fourth-order valence-corrected chi connectivity index (χ4v) is 4.04. The van der Waals surface area contributed by atoms with Gasteiger partial charge in [-0.25, -0.2) is 4.68 Å². The molecular weight excluding hydrogens is 336 g/mol. The predicted octanol–water partition coefficient (Wildman–Crippen LogP) is -0.111. The second-order valence-corrected chi connectivity index (χ2v) is 7.15. The van der Waals surface area contributed by atoms with Crippen molar-refractivity contribution in [2.24, 2.45) is 7.05 Å². The van der Waals surface area contributed by atoms with Gasteiger partial charge in [-0.3, -0.25) is 24.4 Å². The number of imide groups is 1. The van der Waals surface area contributed by atoms with E-state index in [0.717, 1.165) is 18.7 Å². The van der Waals surface area contributed by atoms with Crippen LogP contribution in [0.3, 0.4) is 0 Å². The molecule has 0 aliphatic carbocycles. The van der Waals surface area contributed by atoms with Gasteiger partial charge in [0.1, 0.15) is 6.04 Å². The van der Waals surface area contributed by atoms with Crippen molar-refractivity contribution in [1.82, 2.24) is 20.0 Å². The van der Waals surface area contributed by atoms with E-state index in [1.165, 1.54) is 4.68 Å². The molecule has 2 saturated heterocycles. The summed E-state index contributed by atoms with van der Waals surface area (Å²) in [6.07, 6.45) is 1.74. The molecule has 26 heavy (non-hydrogen) atoms. The molecule has 1 unspecified atom stereocenters. The van der Waals surface area contributed by atoms with Crippen LogP contribution in [-0.2, 0) is 22.2 Å². The second kappa shape index (κ2) is 6.07. The Labute approximate surface area is 149 Å². The molecule has 2 fully saturated rings. The number of piperidine rings is 2. The topological polar surface area (TPSA) is 105 Å². The monoisotopic (exact) mass is 358 g/mol. The molecule has 138 valence electrons. The first kappa shape index (κ1) is 17.0. The van der Waals surface area contributed by atoms with Crippen LogP contribution in [0.1, 0.15) is 37.3 Å². The lowest BCUT2D eigenvalue weighted by Gasteiger charge is -2.33. The Morgan fingerprint density at radius 2 is 1.92 bits per heavy atom. The molecule has 8 heteroatoms. The van der Waals surface area contributed by atoms with E-state index in [1.54, 1.807) is 23.9 Å². The summed E-state index contributed by atoms with van der Waals surface area (Å²) >= 11 is 0. The van der Waals surface area contributed by atoms with Crippen molar-refractivity contribution in [3.8, 4) is 0 Å². The second-order valence-electron chi connectivity index (χ2n) is 7.15. The van der Waals surface area contributed by atoms with Crippen molar-refractivity contribution in [1.29, 1.82) is 0 Å². The third kappa shape index (κ3) is 2.57. The summed E-state index contributed by atoms with van der Waals surface area (Å²) in [5, 5.41) is 17.0. The number of amides is 2. The van der Waals surface area contributed by atoms with Crippen LogP contribution in [0.4, 0.5) is 0 Å². The Hall–Kier alpha value is -2.45. The third-order valence-corrected chi connectivity index (χ3v) is 5.58. The van der Waals surface area contributed by atoms with Crippen LogP contribution in [0.5, 0.6) is 0 Å². The molecule has 1 aromatic carbocycles. The fraction of sp³-hybridized carbons (Fsp3) is 0.500. The van der Waals surface area contributed by atoms with Crippen molar-refractivity contribution in [3.63, 3.8) is 0 Å². The van der Waals surface area contributed by atoms with Crippen molar-refractivity contribution in [2.75, 3.05) is 13.1 Å². The van der Waals surface area contributed by atoms with Gasteiger partial charge in [0.25, 0.3) is 11.5 Å². The average Bonchev–Trinajstić information content (AvgIpc) is 2.87. The predicted molar refractivity (Wildman–Crippen MR) is 94.6 cm³/mol. The maximum absolute atomic E-state index is 12.8. The van der Waals surface area contributed by atoms with E-state index >= 15 is 0 Å². The number of rotatable bonds is 2. The number of carbonyl (C=O) groups is 2. The maximum Gasteiger partial charge on any atom is 0.275 e. The molecule has 2 amide bonds. The third-order valence-electron chi connectivity index (χ3n) is 5.58. The minimum Gasteiger partial charge on any atom is -0.385 e. The van der Waals surface area contributed by atoms with Crippen LogP contribution in [0.25, 0.3) is 10.9 Å². The zero-order chi connectivity index (χ0) is 18.5. The van der Waals surface area contributed by atoms with Crippen LogP contribution in [0.2, 0.25) is 0 Å². The van der Waals surface area contributed by atoms with Gasteiger partial charge in [0.2, 0.25) is 5.91 Å². The zero-order valence-electron chi connectivity index (χ0n) is 14.6. The largest absolute Gasteiger partial charge is 0.385 e. The summed E-state index contributed by atoms with van der Waals surface area (Å²) < 4.78 is 3.06. The number of carbonyl (C=O) groups excluding carboxylic acids is 2. The number of fused-ring (bicyclic) bond motifs is 1. The Kier molecular flexibility index (Phi) is 3.96. The van der Waals surface area contributed by atoms with E-state index in [1.807, 2.05) is 6.07 Å². The molecule has 2 aliphatic rings. The molecule has 2 aromatic rings. The molecular formula is C18H22N4O4. The first-order valence-electron chi connectivity index (χ1n) is 8.89. The summed E-state index contributed by atoms with van der Waals surface area (Å²) in [5.41, 5.74) is 0.277. The van der Waals surface area contributed by atoms with Gasteiger partial charge in [0.15, 0.2) is 0 Å². The first-order chi connectivity index (χ1) is 12.4. The number of benzene rings is 1. The molecule has 1 aromatic heterocycles. The van der Waals surface area contributed by atoms with Crippen molar-refractivity contribution in [3.05, 3.63) is 34.1 Å². The number of aryl methyl sites for hydroxylation is 1. The smallest absolute Gasteiger partial charge is 0.275 e. The van der Waals surface area contributed by atoms with Crippen LogP contribution in [0, 0.1) is 0 Å². The van der Waals surface area contributed by atoms with Gasteiger partial charge < -0.3 is 10.4 Å². The number of hydrogen-bond donors (Lipinski definition) is 3. The minimum absolute atomic E-state index is 0.211. The lowest BCUT2D eigenvalue weighted by Crippen LogP contribution is -2.45. The zero-order valence-corrected chi connectivity index (χ0v) is 14.6. The molecule has 3 heterocycles. The van der Waals surface area contributed by atoms with E-state index < -0.39 is 17.6 Å². The van der Waals surface area contributed by atoms with Crippen molar-refractivity contribution in [2.45, 2.75) is 37.3 Å². The molecule has 8 nitrogen and oxygen atoms in total. The SMILES string of the molecule is Cn1c2cc(C3(O)CCNCC3)ccc2c(=O)n1C1CCC(=O)NC1=O. The van der Waals surface area contributed by atoms with Crippen LogP contribution in [-0.4, -0.2) is 39.4 Å². The number of aliphatic hydroxyl groups is 1. The van der Waals surface area contributed by atoms with Gasteiger partial charge in [0.05, 0.1) is 16.5 Å². The first-order valence-corrected chi connectivity index (χ1v) is 8.89. The summed E-state index contributed by atoms with van der Waals surface area (Å²) in [6.45, 7) is 1.48. The summed E-state index contributed by atoms with van der Waals surface area (Å²) in [7, 11) is 1.73. The summed E-state index contributed by atoms with van der Waals surface area (Å²) in [4.78, 5) is 36.4. The number of nitrogens with zero attached hydrogens (tertiary/aromatic N) is 2. The lowest BCUT2D eigenvalue weighted by molar-refractivity contribution is -0.136. The molecule has 1 atom stereocenters. The van der Waals surface area contributed by atoms with E-state index in [-0.39, 0.29) is 17.9 Å². The van der Waals surface area contributed by atoms with E-state index in [9.17, 15) is 19.5 Å². The van der Waals surface area contributed by atoms with Crippen LogP contribution in [0.15, 0.2) is 23.0 Å². The molecule has 0 bridgehead atoms. The van der Waals surface area contributed by atoms with Gasteiger partial charge in [-0.05, 0) is 50.0 Å². The van der Waals surface area contributed by atoms with Gasteiger partial charge in [-0.2, -0.15) is 0 Å². The summed E-state index contributed by atoms with van der Waals surface area (Å²) in [5.74, 6) is -0.764. The molecule has 2 aliphatic heterocycles. The quantitative estimate of drug-likeness (QED) is 0.650. The highest BCUT2D eigenvalue weighted by atomic mass is 16.3. The molecule has 4 rings (SSSR count). The van der Waals surface area contributed by atoms with Crippen LogP contribution >= 0.6 is 0 Å². The highest BCUT2D eigenvalue weighted by Gasteiger charge is 2.34. The molecule has 3 N–H and O–H groups in total. The Balaban J connectivity index is 1.80. The normalized spacial score (nSPS) is 23.2. The van der Waals surface area contributed by atoms with E-state index in [4.69, 9.17) is 0 Å². The number of nitrogens with one attached hydrogen (secondary N) is 2. The van der Waals surface area contributed by atoms with E-state index in [2.05, 4.69) is 10.6 Å². The highest BCUT2D eigenvalue weighted by Crippen LogP contribution is 2.32. The Morgan fingerprint density at radius 1 is 1.19 bits per heavy atom. The Morgan fingerprint density at radius 3 is 2.62 bits per heavy atom. The van der Waals surface area contributed by atoms with Gasteiger partial charge in [-0.15, -0.1) is 0 Å². The standard InChI is InChI=1S/C18H22N4O4/c1-21-14-10-11(18(26)6-8-19-9-7-18)2-3-12(14)17(25)22(21)13-4-5-15(23)20-16(13)24/h2-3,10,13,19,26H,4-9H2,1H3,(H,20,23,24). The average molecular weight is 358 g/mol.